The fourth-order valence-corrected chi connectivity index (χ4v) is 9.53. The molecule has 6 heteroatoms. The van der Waals surface area contributed by atoms with E-state index in [1.807, 2.05) is 0 Å². The van der Waals surface area contributed by atoms with Gasteiger partial charge in [0.25, 0.3) is 0 Å². The van der Waals surface area contributed by atoms with Gasteiger partial charge in [0.2, 0.25) is 0 Å². The van der Waals surface area contributed by atoms with Crippen LogP contribution in [-0.2, 0) is 28.6 Å². The third-order valence-corrected chi connectivity index (χ3v) is 14.4. The summed E-state index contributed by atoms with van der Waals surface area (Å²) in [6.45, 7) is 6.65. The van der Waals surface area contributed by atoms with Gasteiger partial charge in [0.1, 0.15) is 13.2 Å². The van der Waals surface area contributed by atoms with Gasteiger partial charge in [0.15, 0.2) is 6.10 Å². The molecular weight excluding hydrogens is 889 g/mol. The maximum absolute atomic E-state index is 12.9. The maximum Gasteiger partial charge on any atom is 0.306 e. The number of unbranched alkanes of at least 4 members (excludes halogenated alkanes) is 42. The minimum absolute atomic E-state index is 0.0712. The first kappa shape index (κ1) is 69.6. The molecule has 0 bridgehead atoms. The Labute approximate surface area is 448 Å². The fourth-order valence-electron chi connectivity index (χ4n) is 9.53. The molecular formula is C66H122O6. The van der Waals surface area contributed by atoms with E-state index in [1.54, 1.807) is 0 Å². The molecule has 0 aliphatic rings. The molecule has 72 heavy (non-hydrogen) atoms. The van der Waals surface area contributed by atoms with Crippen LogP contribution in [0.5, 0.6) is 0 Å². The molecule has 0 fully saturated rings. The van der Waals surface area contributed by atoms with Crippen molar-refractivity contribution in [1.82, 2.24) is 0 Å². The Bertz CT molecular complexity index is 1210. The van der Waals surface area contributed by atoms with Gasteiger partial charge in [0.05, 0.1) is 0 Å². The minimum atomic E-state index is -0.772. The van der Waals surface area contributed by atoms with Crippen LogP contribution in [0, 0.1) is 0 Å². The molecule has 0 aromatic rings. The Balaban J connectivity index is 4.14. The van der Waals surface area contributed by atoms with E-state index < -0.39 is 6.10 Å². The molecule has 0 N–H and O–H groups in total. The summed E-state index contributed by atoms with van der Waals surface area (Å²) in [5, 5.41) is 0. The Morgan fingerprint density at radius 3 is 0.792 bits per heavy atom. The molecule has 0 saturated carbocycles. The lowest BCUT2D eigenvalue weighted by Crippen LogP contribution is -2.30. The SMILES string of the molecule is CCCCCC/C=C\C/C=C\CCCCCCCCCC(=O)OC(COC(=O)CCCCCCCCCCC)COC(=O)CCCCCCCCCCCCCCCCC/C=C\CCCCCCCCCC. The number of hydrogen-bond acceptors (Lipinski definition) is 6. The van der Waals surface area contributed by atoms with Crippen molar-refractivity contribution in [2.24, 2.45) is 0 Å². The fraction of sp³-hybridized carbons (Fsp3) is 0.864. The normalized spacial score (nSPS) is 12.2. The van der Waals surface area contributed by atoms with Crippen LogP contribution in [0.1, 0.15) is 348 Å². The third-order valence-electron chi connectivity index (χ3n) is 14.4. The number of carbonyl (C=O) groups excluding carboxylic acids is 3. The third kappa shape index (κ3) is 58.5. The van der Waals surface area contributed by atoms with Crippen LogP contribution in [0.3, 0.4) is 0 Å². The van der Waals surface area contributed by atoms with Crippen molar-refractivity contribution < 1.29 is 28.6 Å². The summed E-state index contributed by atoms with van der Waals surface area (Å²) in [4.78, 5) is 38.1. The van der Waals surface area contributed by atoms with Crippen molar-refractivity contribution in [3.8, 4) is 0 Å². The molecule has 0 amide bonds. The molecule has 0 aliphatic heterocycles. The van der Waals surface area contributed by atoms with E-state index in [1.165, 1.54) is 238 Å². The van der Waals surface area contributed by atoms with Gasteiger partial charge in [-0.25, -0.2) is 0 Å². The van der Waals surface area contributed by atoms with Crippen LogP contribution >= 0.6 is 0 Å². The van der Waals surface area contributed by atoms with Gasteiger partial charge in [-0.3, -0.25) is 14.4 Å². The van der Waals surface area contributed by atoms with Gasteiger partial charge in [0, 0.05) is 19.3 Å². The van der Waals surface area contributed by atoms with Crippen LogP contribution in [0.4, 0.5) is 0 Å². The van der Waals surface area contributed by atoms with Crippen molar-refractivity contribution in [3.05, 3.63) is 36.5 Å². The van der Waals surface area contributed by atoms with Gasteiger partial charge in [-0.15, -0.1) is 0 Å². The molecule has 0 radical (unpaired) electrons. The van der Waals surface area contributed by atoms with E-state index in [9.17, 15) is 14.4 Å². The minimum Gasteiger partial charge on any atom is -0.462 e. The van der Waals surface area contributed by atoms with Crippen molar-refractivity contribution in [3.63, 3.8) is 0 Å². The van der Waals surface area contributed by atoms with Crippen LogP contribution in [-0.4, -0.2) is 37.2 Å². The van der Waals surface area contributed by atoms with Gasteiger partial charge < -0.3 is 14.2 Å². The number of carbonyl (C=O) groups is 3. The summed E-state index contributed by atoms with van der Waals surface area (Å²) >= 11 is 0. The quantitative estimate of drug-likeness (QED) is 0.0261. The van der Waals surface area contributed by atoms with E-state index in [2.05, 4.69) is 57.2 Å². The number of hydrogen-bond donors (Lipinski definition) is 0. The summed E-state index contributed by atoms with van der Waals surface area (Å²) in [5.74, 6) is -0.862. The van der Waals surface area contributed by atoms with E-state index >= 15 is 0 Å². The highest BCUT2D eigenvalue weighted by Gasteiger charge is 2.19. The highest BCUT2D eigenvalue weighted by molar-refractivity contribution is 5.71. The zero-order valence-electron chi connectivity index (χ0n) is 48.5. The second kappa shape index (κ2) is 61.2. The molecule has 0 spiro atoms. The lowest BCUT2D eigenvalue weighted by atomic mass is 10.0. The zero-order valence-corrected chi connectivity index (χ0v) is 48.5. The highest BCUT2D eigenvalue weighted by atomic mass is 16.6. The summed E-state index contributed by atoms with van der Waals surface area (Å²) in [7, 11) is 0. The molecule has 6 nitrogen and oxygen atoms in total. The Kier molecular flexibility index (Phi) is 59.2. The molecule has 0 aliphatic carbocycles. The predicted molar refractivity (Wildman–Crippen MR) is 312 cm³/mol. The molecule has 422 valence electrons. The molecule has 1 atom stereocenters. The van der Waals surface area contributed by atoms with Gasteiger partial charge in [-0.2, -0.15) is 0 Å². The number of allylic oxidation sites excluding steroid dienone is 6. The van der Waals surface area contributed by atoms with Crippen LogP contribution < -0.4 is 0 Å². The number of rotatable bonds is 59. The van der Waals surface area contributed by atoms with Gasteiger partial charge >= 0.3 is 17.9 Å². The van der Waals surface area contributed by atoms with Crippen molar-refractivity contribution >= 4 is 17.9 Å². The first-order valence-electron chi connectivity index (χ1n) is 32.0. The van der Waals surface area contributed by atoms with E-state index in [-0.39, 0.29) is 31.1 Å². The average molecular weight is 1010 g/mol. The van der Waals surface area contributed by atoms with Crippen molar-refractivity contribution in [2.75, 3.05) is 13.2 Å². The summed E-state index contributed by atoms with van der Waals surface area (Å²) in [6, 6.07) is 0. The molecule has 0 aromatic heterocycles. The average Bonchev–Trinajstić information content (AvgIpc) is 3.38. The lowest BCUT2D eigenvalue weighted by molar-refractivity contribution is -0.167. The highest BCUT2D eigenvalue weighted by Crippen LogP contribution is 2.17. The molecule has 1 unspecified atom stereocenters. The Hall–Kier alpha value is -2.37. The smallest absolute Gasteiger partial charge is 0.306 e. The predicted octanol–water partition coefficient (Wildman–Crippen LogP) is 21.6. The number of ether oxygens (including phenoxy) is 3. The van der Waals surface area contributed by atoms with Crippen LogP contribution in [0.15, 0.2) is 36.5 Å². The summed E-state index contributed by atoms with van der Waals surface area (Å²) in [5.41, 5.74) is 0. The zero-order chi connectivity index (χ0) is 52.2. The second-order valence-corrected chi connectivity index (χ2v) is 21.7. The topological polar surface area (TPSA) is 78.9 Å². The largest absolute Gasteiger partial charge is 0.462 e. The van der Waals surface area contributed by atoms with Crippen molar-refractivity contribution in [1.29, 1.82) is 0 Å². The van der Waals surface area contributed by atoms with Crippen molar-refractivity contribution in [2.45, 2.75) is 354 Å². The molecule has 0 aromatic carbocycles. The molecule has 0 saturated heterocycles. The van der Waals surface area contributed by atoms with Gasteiger partial charge in [-0.05, 0) is 77.0 Å². The van der Waals surface area contributed by atoms with E-state index in [4.69, 9.17) is 14.2 Å². The monoisotopic (exact) mass is 1010 g/mol. The lowest BCUT2D eigenvalue weighted by Gasteiger charge is -2.18. The van der Waals surface area contributed by atoms with E-state index in [0.29, 0.717) is 19.3 Å². The van der Waals surface area contributed by atoms with E-state index in [0.717, 1.165) is 70.6 Å². The first-order chi connectivity index (χ1) is 35.5. The maximum atomic E-state index is 12.9. The molecule has 0 rings (SSSR count). The molecule has 0 heterocycles. The summed E-state index contributed by atoms with van der Waals surface area (Å²) in [6.07, 6.45) is 74.5. The first-order valence-corrected chi connectivity index (χ1v) is 32.0. The summed E-state index contributed by atoms with van der Waals surface area (Å²) < 4.78 is 16.9. The Morgan fingerprint density at radius 1 is 0.278 bits per heavy atom. The van der Waals surface area contributed by atoms with Crippen LogP contribution in [0.25, 0.3) is 0 Å². The Morgan fingerprint density at radius 2 is 0.500 bits per heavy atom. The second-order valence-electron chi connectivity index (χ2n) is 21.7. The number of esters is 3. The van der Waals surface area contributed by atoms with Gasteiger partial charge in [-0.1, -0.05) is 288 Å². The van der Waals surface area contributed by atoms with Crippen LogP contribution in [0.2, 0.25) is 0 Å². The standard InChI is InChI=1S/C66H122O6/c1-4-7-10-13-16-19-21-23-25-27-29-30-31-32-33-34-35-36-37-39-40-42-44-47-50-53-56-59-65(68)71-62-63(61-70-64(67)58-55-52-49-46-18-15-12-9-6-3)72-66(69)60-57-54-51-48-45-43-41-38-28-26-24-22-20-17-14-11-8-5-2/h20,22,26-29,63H,4-19,21,23-25,30-62H2,1-3H3/b22-20-,28-26-,29-27-.